The Morgan fingerprint density at radius 1 is 1.30 bits per heavy atom. The zero-order chi connectivity index (χ0) is 14.1. The highest BCUT2D eigenvalue weighted by molar-refractivity contribution is 9.10. The summed E-state index contributed by atoms with van der Waals surface area (Å²) < 4.78 is 11.9. The van der Waals surface area contributed by atoms with Crippen molar-refractivity contribution in [3.63, 3.8) is 0 Å². The predicted octanol–water partition coefficient (Wildman–Crippen LogP) is 3.63. The largest absolute Gasteiger partial charge is 0.497 e. The predicted molar refractivity (Wildman–Crippen MR) is 82.3 cm³/mol. The van der Waals surface area contributed by atoms with Crippen LogP contribution in [-0.2, 0) is 0 Å². The average Bonchev–Trinajstić information content (AvgIpc) is 2.90. The van der Waals surface area contributed by atoms with E-state index in [1.165, 1.54) is 5.56 Å². The van der Waals surface area contributed by atoms with Gasteiger partial charge in [0.1, 0.15) is 11.5 Å². The molecule has 104 valence electrons. The van der Waals surface area contributed by atoms with Crippen LogP contribution in [0.2, 0.25) is 0 Å². The van der Waals surface area contributed by atoms with Gasteiger partial charge in [-0.05, 0) is 23.8 Å². The highest BCUT2D eigenvalue weighted by atomic mass is 79.9. The lowest BCUT2D eigenvalue weighted by molar-refractivity contribution is 0.315. The van der Waals surface area contributed by atoms with E-state index in [2.05, 4.69) is 22.0 Å². The monoisotopic (exact) mass is 333 g/mol. The Bertz CT molecular complexity index is 630. The molecule has 0 bridgehead atoms. The third kappa shape index (κ3) is 2.30. The van der Waals surface area contributed by atoms with Gasteiger partial charge in [0.15, 0.2) is 0 Å². The van der Waals surface area contributed by atoms with Crippen molar-refractivity contribution in [3.8, 4) is 11.5 Å². The van der Waals surface area contributed by atoms with Crippen LogP contribution in [0.15, 0.2) is 46.9 Å². The van der Waals surface area contributed by atoms with Gasteiger partial charge in [-0.1, -0.05) is 40.2 Å². The first kappa shape index (κ1) is 13.5. The number of hydrogen-bond acceptors (Lipinski definition) is 3. The fourth-order valence-corrected chi connectivity index (χ4v) is 3.23. The van der Waals surface area contributed by atoms with Gasteiger partial charge in [0.05, 0.1) is 13.7 Å². The van der Waals surface area contributed by atoms with E-state index in [1.54, 1.807) is 7.11 Å². The van der Waals surface area contributed by atoms with Crippen LogP contribution in [0, 0.1) is 0 Å². The highest BCUT2D eigenvalue weighted by Gasteiger charge is 2.30. The lowest BCUT2D eigenvalue weighted by atomic mass is 9.89. The van der Waals surface area contributed by atoms with E-state index in [0.29, 0.717) is 6.61 Å². The summed E-state index contributed by atoms with van der Waals surface area (Å²) in [5, 5.41) is 0. The van der Waals surface area contributed by atoms with Crippen molar-refractivity contribution in [3.05, 3.63) is 58.1 Å². The van der Waals surface area contributed by atoms with Crippen molar-refractivity contribution < 1.29 is 9.47 Å². The summed E-state index contributed by atoms with van der Waals surface area (Å²) >= 11 is 3.57. The van der Waals surface area contributed by atoms with E-state index < -0.39 is 0 Å². The Morgan fingerprint density at radius 3 is 2.85 bits per heavy atom. The molecule has 0 radical (unpaired) electrons. The smallest absolute Gasteiger partial charge is 0.122 e. The van der Waals surface area contributed by atoms with E-state index in [1.807, 2.05) is 36.4 Å². The van der Waals surface area contributed by atoms with Gasteiger partial charge in [-0.3, -0.25) is 0 Å². The maximum Gasteiger partial charge on any atom is 0.122 e. The number of ether oxygens (including phenoxy) is 2. The molecule has 3 nitrogen and oxygen atoms in total. The second-order valence-electron chi connectivity index (χ2n) is 4.87. The molecular formula is C16H16BrNO2. The number of rotatable bonds is 3. The molecule has 0 aromatic heterocycles. The second-order valence-corrected chi connectivity index (χ2v) is 5.72. The molecule has 20 heavy (non-hydrogen) atoms. The lowest BCUT2D eigenvalue weighted by Gasteiger charge is -2.20. The number of nitrogens with two attached hydrogens (primary N) is 1. The molecule has 0 fully saturated rings. The number of benzene rings is 2. The van der Waals surface area contributed by atoms with Crippen LogP contribution in [0.4, 0.5) is 0 Å². The Morgan fingerprint density at radius 2 is 2.10 bits per heavy atom. The zero-order valence-electron chi connectivity index (χ0n) is 11.2. The molecule has 0 aliphatic carbocycles. The molecule has 2 aromatic rings. The number of methoxy groups -OCH3 is 1. The fraction of sp³-hybridized carbons (Fsp3) is 0.250. The lowest BCUT2D eigenvalue weighted by Crippen LogP contribution is -2.21. The molecule has 3 rings (SSSR count). The molecule has 1 heterocycles. The summed E-state index contributed by atoms with van der Waals surface area (Å²) in [6.07, 6.45) is 0. The maximum atomic E-state index is 6.46. The summed E-state index contributed by atoms with van der Waals surface area (Å²) in [5.41, 5.74) is 8.71. The molecule has 2 atom stereocenters. The minimum Gasteiger partial charge on any atom is -0.497 e. The van der Waals surface area contributed by atoms with E-state index in [9.17, 15) is 0 Å². The van der Waals surface area contributed by atoms with Crippen LogP contribution in [-0.4, -0.2) is 13.7 Å². The first-order chi connectivity index (χ1) is 9.70. The highest BCUT2D eigenvalue weighted by Crippen LogP contribution is 2.41. The van der Waals surface area contributed by atoms with Crippen molar-refractivity contribution in [2.45, 2.75) is 12.0 Å². The second kappa shape index (κ2) is 5.46. The van der Waals surface area contributed by atoms with Crippen molar-refractivity contribution in [2.75, 3.05) is 13.7 Å². The minimum absolute atomic E-state index is 0.112. The number of halogens is 1. The van der Waals surface area contributed by atoms with E-state index in [-0.39, 0.29) is 12.0 Å². The summed E-state index contributed by atoms with van der Waals surface area (Å²) in [6.45, 7) is 0.624. The molecule has 1 aliphatic heterocycles. The van der Waals surface area contributed by atoms with Gasteiger partial charge in [-0.15, -0.1) is 0 Å². The molecule has 0 saturated heterocycles. The van der Waals surface area contributed by atoms with Crippen LogP contribution in [0.5, 0.6) is 11.5 Å². The van der Waals surface area contributed by atoms with Gasteiger partial charge in [0.2, 0.25) is 0 Å². The molecule has 1 aliphatic rings. The van der Waals surface area contributed by atoms with Crippen LogP contribution < -0.4 is 15.2 Å². The Kier molecular flexibility index (Phi) is 3.68. The molecule has 2 aromatic carbocycles. The first-order valence-electron chi connectivity index (χ1n) is 6.51. The summed E-state index contributed by atoms with van der Waals surface area (Å²) in [7, 11) is 1.66. The fourth-order valence-electron chi connectivity index (χ4n) is 2.61. The first-order valence-corrected chi connectivity index (χ1v) is 7.30. The third-order valence-electron chi connectivity index (χ3n) is 3.74. The van der Waals surface area contributed by atoms with Crippen LogP contribution in [0.1, 0.15) is 23.1 Å². The van der Waals surface area contributed by atoms with Gasteiger partial charge in [0, 0.05) is 22.0 Å². The summed E-state index contributed by atoms with van der Waals surface area (Å²) in [6, 6.07) is 13.9. The summed E-state index contributed by atoms with van der Waals surface area (Å²) in [4.78, 5) is 0. The van der Waals surface area contributed by atoms with E-state index >= 15 is 0 Å². The Hall–Kier alpha value is -1.52. The van der Waals surface area contributed by atoms with Gasteiger partial charge < -0.3 is 15.2 Å². The third-order valence-corrected chi connectivity index (χ3v) is 4.42. The van der Waals surface area contributed by atoms with Crippen LogP contribution >= 0.6 is 15.9 Å². The molecule has 0 amide bonds. The van der Waals surface area contributed by atoms with Crippen molar-refractivity contribution in [2.24, 2.45) is 5.73 Å². The maximum absolute atomic E-state index is 6.46. The molecule has 0 spiro atoms. The molecule has 4 heteroatoms. The van der Waals surface area contributed by atoms with Crippen molar-refractivity contribution in [1.29, 1.82) is 0 Å². The normalized spacial score (nSPS) is 18.2. The average molecular weight is 334 g/mol. The van der Waals surface area contributed by atoms with E-state index in [0.717, 1.165) is 21.5 Å². The molecular weight excluding hydrogens is 318 g/mol. The zero-order valence-corrected chi connectivity index (χ0v) is 12.8. The quantitative estimate of drug-likeness (QED) is 0.932. The topological polar surface area (TPSA) is 44.5 Å². The Balaban J connectivity index is 1.92. The van der Waals surface area contributed by atoms with E-state index in [4.69, 9.17) is 15.2 Å². The van der Waals surface area contributed by atoms with Crippen molar-refractivity contribution >= 4 is 15.9 Å². The van der Waals surface area contributed by atoms with Crippen molar-refractivity contribution in [1.82, 2.24) is 0 Å². The molecule has 2 unspecified atom stereocenters. The van der Waals surface area contributed by atoms with Gasteiger partial charge >= 0.3 is 0 Å². The van der Waals surface area contributed by atoms with Gasteiger partial charge in [-0.2, -0.15) is 0 Å². The standard InChI is InChI=1S/C16H16BrNO2/c1-19-10-6-7-12(14(17)8-10)16(18)13-9-20-15-5-3-2-4-11(13)15/h2-8,13,16H,9,18H2,1H3. The van der Waals surface area contributed by atoms with Gasteiger partial charge in [0.25, 0.3) is 0 Å². The molecule has 2 N–H and O–H groups in total. The number of para-hydroxylation sites is 1. The van der Waals surface area contributed by atoms with Crippen LogP contribution in [0.25, 0.3) is 0 Å². The molecule has 0 saturated carbocycles. The number of hydrogen-bond donors (Lipinski definition) is 1. The summed E-state index contributed by atoms with van der Waals surface area (Å²) in [5.74, 6) is 1.93. The van der Waals surface area contributed by atoms with Gasteiger partial charge in [-0.25, -0.2) is 0 Å². The number of fused-ring (bicyclic) bond motifs is 1. The van der Waals surface area contributed by atoms with Crippen LogP contribution in [0.3, 0.4) is 0 Å². The Labute approximate surface area is 126 Å². The minimum atomic E-state index is -0.112. The SMILES string of the molecule is COc1ccc(C(N)C2COc3ccccc32)c(Br)c1.